The maximum atomic E-state index is 10.6. The molecule has 0 aliphatic rings. The van der Waals surface area contributed by atoms with E-state index in [4.69, 9.17) is 14.3 Å². The molecule has 0 atom stereocenters. The molecule has 0 spiro atoms. The minimum absolute atomic E-state index is 0.00490. The van der Waals surface area contributed by atoms with Crippen LogP contribution in [0.25, 0.3) is 0 Å². The number of carboxylic acids is 1. The summed E-state index contributed by atoms with van der Waals surface area (Å²) in [4.78, 5) is 10.6. The average molecular weight is 184 g/mol. The smallest absolute Gasteiger partial charge is 0.372 e. The number of rotatable bonds is 4. The number of carbonyl (C=O) groups is 1. The lowest BCUT2D eigenvalue weighted by molar-refractivity contribution is 0.0649. The minimum Gasteiger partial charge on any atom is -0.475 e. The lowest BCUT2D eigenvalue weighted by Crippen LogP contribution is -1.95. The molecule has 4 heteroatoms. The number of hydrogen-bond donors (Lipinski definition) is 1. The first-order chi connectivity index (χ1) is 6.15. The van der Waals surface area contributed by atoms with Gasteiger partial charge >= 0.3 is 5.97 Å². The summed E-state index contributed by atoms with van der Waals surface area (Å²) in [6, 6.07) is 1.68. The van der Waals surface area contributed by atoms with Crippen molar-refractivity contribution in [2.24, 2.45) is 0 Å². The molecule has 0 aliphatic carbocycles. The molecule has 1 rings (SSSR count). The van der Waals surface area contributed by atoms with Crippen molar-refractivity contribution in [2.45, 2.75) is 20.5 Å². The first-order valence-electron chi connectivity index (χ1n) is 4.05. The second kappa shape index (κ2) is 4.09. The molecule has 0 fully saturated rings. The van der Waals surface area contributed by atoms with Gasteiger partial charge in [-0.3, -0.25) is 0 Å². The van der Waals surface area contributed by atoms with Crippen LogP contribution >= 0.6 is 0 Å². The fourth-order valence-corrected chi connectivity index (χ4v) is 1.03. The number of aryl methyl sites for hydroxylation is 1. The minimum atomic E-state index is -1.04. The lowest BCUT2D eigenvalue weighted by atomic mass is 10.3. The maximum Gasteiger partial charge on any atom is 0.372 e. The van der Waals surface area contributed by atoms with Crippen LogP contribution in [0.2, 0.25) is 0 Å². The molecule has 0 saturated heterocycles. The van der Waals surface area contributed by atoms with Gasteiger partial charge in [0.05, 0.1) is 0 Å². The third-order valence-electron chi connectivity index (χ3n) is 1.61. The van der Waals surface area contributed by atoms with Crippen LogP contribution in [0.3, 0.4) is 0 Å². The quantitative estimate of drug-likeness (QED) is 0.775. The van der Waals surface area contributed by atoms with Crippen LogP contribution in [0.15, 0.2) is 10.5 Å². The van der Waals surface area contributed by atoms with Gasteiger partial charge in [-0.15, -0.1) is 0 Å². The third kappa shape index (κ3) is 2.32. The van der Waals surface area contributed by atoms with Gasteiger partial charge in [0.15, 0.2) is 0 Å². The summed E-state index contributed by atoms with van der Waals surface area (Å²) in [6.45, 7) is 4.48. The summed E-state index contributed by atoms with van der Waals surface area (Å²) >= 11 is 0. The predicted molar refractivity (Wildman–Crippen MR) is 45.7 cm³/mol. The van der Waals surface area contributed by atoms with Gasteiger partial charge in [0.25, 0.3) is 0 Å². The van der Waals surface area contributed by atoms with E-state index in [0.29, 0.717) is 24.5 Å². The van der Waals surface area contributed by atoms with Crippen molar-refractivity contribution < 1.29 is 19.1 Å². The molecule has 0 amide bonds. The zero-order chi connectivity index (χ0) is 9.84. The van der Waals surface area contributed by atoms with E-state index in [-0.39, 0.29) is 5.76 Å². The van der Waals surface area contributed by atoms with Gasteiger partial charge < -0.3 is 14.3 Å². The van der Waals surface area contributed by atoms with Crippen LogP contribution < -0.4 is 0 Å². The van der Waals surface area contributed by atoms with Crippen molar-refractivity contribution in [2.75, 3.05) is 6.61 Å². The highest BCUT2D eigenvalue weighted by molar-refractivity contribution is 5.86. The predicted octanol–water partition coefficient (Wildman–Crippen LogP) is 1.82. The zero-order valence-electron chi connectivity index (χ0n) is 7.66. The van der Waals surface area contributed by atoms with E-state index >= 15 is 0 Å². The van der Waals surface area contributed by atoms with Gasteiger partial charge in [-0.2, -0.15) is 0 Å². The van der Waals surface area contributed by atoms with E-state index in [9.17, 15) is 4.79 Å². The molecule has 1 aromatic heterocycles. The van der Waals surface area contributed by atoms with Gasteiger partial charge in [-0.25, -0.2) is 4.79 Å². The first-order valence-corrected chi connectivity index (χ1v) is 4.05. The zero-order valence-corrected chi connectivity index (χ0v) is 7.66. The number of carboxylic acid groups (broad SMARTS) is 1. The van der Waals surface area contributed by atoms with E-state index in [2.05, 4.69) is 0 Å². The SMILES string of the molecule is CCOCc1cc(C)c(C(=O)O)o1. The fraction of sp³-hybridized carbons (Fsp3) is 0.444. The Labute approximate surface area is 76.1 Å². The number of ether oxygens (including phenoxy) is 1. The highest BCUT2D eigenvalue weighted by Crippen LogP contribution is 2.15. The molecule has 1 heterocycles. The van der Waals surface area contributed by atoms with Crippen LogP contribution in [0.4, 0.5) is 0 Å². The molecule has 1 aromatic rings. The summed E-state index contributed by atoms with van der Waals surface area (Å²) in [5.74, 6) is -0.494. The van der Waals surface area contributed by atoms with Crippen molar-refractivity contribution in [3.8, 4) is 0 Å². The van der Waals surface area contributed by atoms with Gasteiger partial charge in [-0.05, 0) is 19.9 Å². The molecule has 4 nitrogen and oxygen atoms in total. The first kappa shape index (κ1) is 9.80. The van der Waals surface area contributed by atoms with Crippen LogP contribution in [-0.4, -0.2) is 17.7 Å². The molecule has 0 unspecified atom stereocenters. The van der Waals surface area contributed by atoms with Gasteiger partial charge in [-0.1, -0.05) is 0 Å². The summed E-state index contributed by atoms with van der Waals surface area (Å²) < 4.78 is 10.1. The highest BCUT2D eigenvalue weighted by atomic mass is 16.5. The van der Waals surface area contributed by atoms with Crippen LogP contribution in [-0.2, 0) is 11.3 Å². The highest BCUT2D eigenvalue weighted by Gasteiger charge is 2.13. The lowest BCUT2D eigenvalue weighted by Gasteiger charge is -1.95. The molecule has 72 valence electrons. The molecular formula is C9H12O4. The Bertz CT molecular complexity index is 301. The van der Waals surface area contributed by atoms with Gasteiger partial charge in [0, 0.05) is 12.2 Å². The summed E-state index contributed by atoms with van der Waals surface area (Å²) in [6.07, 6.45) is 0. The topological polar surface area (TPSA) is 59.7 Å². The molecule has 1 N–H and O–H groups in total. The summed E-state index contributed by atoms with van der Waals surface area (Å²) in [5, 5.41) is 8.67. The Morgan fingerprint density at radius 3 is 2.85 bits per heavy atom. The van der Waals surface area contributed by atoms with E-state index in [1.54, 1.807) is 13.0 Å². The monoisotopic (exact) mass is 184 g/mol. The van der Waals surface area contributed by atoms with Crippen LogP contribution in [0, 0.1) is 6.92 Å². The van der Waals surface area contributed by atoms with E-state index in [1.807, 2.05) is 6.92 Å². The molecule has 0 bridgehead atoms. The van der Waals surface area contributed by atoms with Gasteiger partial charge in [0.2, 0.25) is 5.76 Å². The van der Waals surface area contributed by atoms with Crippen LogP contribution in [0.1, 0.15) is 28.8 Å². The Balaban J connectivity index is 2.76. The number of aromatic carboxylic acids is 1. The second-order valence-corrected chi connectivity index (χ2v) is 2.67. The molecule has 0 aliphatic heterocycles. The van der Waals surface area contributed by atoms with Crippen molar-refractivity contribution >= 4 is 5.97 Å². The Kier molecular flexibility index (Phi) is 3.08. The second-order valence-electron chi connectivity index (χ2n) is 2.67. The standard InChI is InChI=1S/C9H12O4/c1-3-12-5-7-4-6(2)8(13-7)9(10)11/h4H,3,5H2,1-2H3,(H,10,11). The molecule has 0 radical (unpaired) electrons. The van der Waals surface area contributed by atoms with E-state index < -0.39 is 5.97 Å². The van der Waals surface area contributed by atoms with E-state index in [0.717, 1.165) is 0 Å². The molecule has 13 heavy (non-hydrogen) atoms. The fourth-order valence-electron chi connectivity index (χ4n) is 1.03. The van der Waals surface area contributed by atoms with E-state index in [1.165, 1.54) is 0 Å². The average Bonchev–Trinajstić information content (AvgIpc) is 2.43. The van der Waals surface area contributed by atoms with Gasteiger partial charge in [0.1, 0.15) is 12.4 Å². The largest absolute Gasteiger partial charge is 0.475 e. The third-order valence-corrected chi connectivity index (χ3v) is 1.61. The number of hydrogen-bond acceptors (Lipinski definition) is 3. The number of furan rings is 1. The summed E-state index contributed by atoms with van der Waals surface area (Å²) in [7, 11) is 0. The van der Waals surface area contributed by atoms with Crippen molar-refractivity contribution in [3.63, 3.8) is 0 Å². The Hall–Kier alpha value is -1.29. The Morgan fingerprint density at radius 2 is 2.38 bits per heavy atom. The van der Waals surface area contributed by atoms with Crippen LogP contribution in [0.5, 0.6) is 0 Å². The molecule has 0 saturated carbocycles. The van der Waals surface area contributed by atoms with Crippen molar-refractivity contribution in [1.82, 2.24) is 0 Å². The Morgan fingerprint density at radius 1 is 1.69 bits per heavy atom. The van der Waals surface area contributed by atoms with Crippen molar-refractivity contribution in [3.05, 3.63) is 23.2 Å². The van der Waals surface area contributed by atoms with Crippen molar-refractivity contribution in [1.29, 1.82) is 0 Å². The molecular weight excluding hydrogens is 172 g/mol. The molecule has 0 aromatic carbocycles. The maximum absolute atomic E-state index is 10.6. The normalized spacial score (nSPS) is 10.3. The summed E-state index contributed by atoms with van der Waals surface area (Å²) in [5.41, 5.74) is 0.627.